The molecular weight excluding hydrogens is 1520 g/mol. The Morgan fingerprint density at radius 1 is 0.378 bits per heavy atom. The molecule has 0 aliphatic heterocycles. The van der Waals surface area contributed by atoms with Crippen LogP contribution in [-0.2, 0) is 39.8 Å². The number of nitrogens with zero attached hydrogens (tertiary/aromatic N) is 7. The first-order valence-electron chi connectivity index (χ1n) is 37.6. The van der Waals surface area contributed by atoms with Gasteiger partial charge < -0.3 is 63.8 Å². The van der Waals surface area contributed by atoms with Crippen molar-refractivity contribution < 1.29 is 57.1 Å². The zero-order valence-electron chi connectivity index (χ0n) is 67.6. The molecule has 10 aromatic heterocycles. The second-order valence-corrected chi connectivity index (χ2v) is 27.7. The highest BCUT2D eigenvalue weighted by Crippen LogP contribution is 2.35. The molecule has 0 spiro atoms. The van der Waals surface area contributed by atoms with Gasteiger partial charge in [-0.2, -0.15) is 10.5 Å². The fraction of sp³-hybridized carbons (Fsp3) is 0.247. The summed E-state index contributed by atoms with van der Waals surface area (Å²) in [4.78, 5) is 161. The van der Waals surface area contributed by atoms with Gasteiger partial charge in [-0.25, -0.2) is 33.9 Å². The summed E-state index contributed by atoms with van der Waals surface area (Å²) in [6, 6.07) is 40.2. The van der Waals surface area contributed by atoms with E-state index in [-0.39, 0.29) is 93.1 Å². The van der Waals surface area contributed by atoms with E-state index >= 15 is 0 Å². The molecule has 30 heteroatoms. The van der Waals surface area contributed by atoms with Crippen LogP contribution in [0.3, 0.4) is 0 Å². The minimum Gasteiger partial charge on any atom is -0.465 e. The molecule has 30 nitrogen and oxygen atoms in total. The molecule has 0 saturated heterocycles. The Hall–Kier alpha value is -14.6. The van der Waals surface area contributed by atoms with Gasteiger partial charge in [-0.1, -0.05) is 91.0 Å². The fourth-order valence-electron chi connectivity index (χ4n) is 14.4. The number of esters is 5. The summed E-state index contributed by atoms with van der Waals surface area (Å²) in [7, 11) is 2.76. The summed E-state index contributed by atoms with van der Waals surface area (Å²) in [6.07, 6.45) is -0.553. The van der Waals surface area contributed by atoms with Gasteiger partial charge in [0.25, 0.3) is 27.8 Å². The molecular formula is C89H83N13O17. The summed E-state index contributed by atoms with van der Waals surface area (Å²) in [5.41, 5.74) is 12.2. The highest BCUT2D eigenvalue weighted by molar-refractivity contribution is 6.21. The van der Waals surface area contributed by atoms with Crippen LogP contribution in [0.5, 0.6) is 0 Å². The second-order valence-electron chi connectivity index (χ2n) is 27.7. The quantitative estimate of drug-likeness (QED) is 0.0240. The van der Waals surface area contributed by atoms with Gasteiger partial charge in [-0.3, -0.25) is 38.9 Å². The van der Waals surface area contributed by atoms with Crippen molar-refractivity contribution in [3.8, 4) is 12.1 Å². The lowest BCUT2D eigenvalue weighted by Crippen LogP contribution is -2.18. The van der Waals surface area contributed by atoms with E-state index in [0.717, 1.165) is 16.2 Å². The van der Waals surface area contributed by atoms with E-state index in [1.165, 1.54) is 14.2 Å². The van der Waals surface area contributed by atoms with Gasteiger partial charge in [-0.05, 0) is 113 Å². The molecule has 0 unspecified atom stereocenters. The zero-order valence-corrected chi connectivity index (χ0v) is 67.6. The van der Waals surface area contributed by atoms with Gasteiger partial charge >= 0.3 is 29.8 Å². The Morgan fingerprint density at radius 3 is 1.06 bits per heavy atom. The van der Waals surface area contributed by atoms with Crippen LogP contribution in [0.2, 0.25) is 0 Å². The third kappa shape index (κ3) is 17.4. The first kappa shape index (κ1) is 85.3. The molecule has 0 fully saturated rings. The summed E-state index contributed by atoms with van der Waals surface area (Å²) < 4.78 is 36.4. The summed E-state index contributed by atoms with van der Waals surface area (Å²) in [5.74, 6) is -2.72. The number of nitrogens with one attached hydrogen (secondary N) is 5. The number of carbonyl (C=O) groups excluding carboxylic acids is 5. The molecule has 0 aliphatic rings. The lowest BCUT2D eigenvalue weighted by atomic mass is 9.99. The van der Waals surface area contributed by atoms with Gasteiger partial charge in [-0.15, -0.1) is 0 Å². The number of para-hydroxylation sites is 5. The number of benzene rings is 5. The minimum absolute atomic E-state index is 0.00407. The van der Waals surface area contributed by atoms with E-state index in [2.05, 4.69) is 49.8 Å². The van der Waals surface area contributed by atoms with Gasteiger partial charge in [0.1, 0.15) is 24.3 Å². The van der Waals surface area contributed by atoms with Crippen molar-refractivity contribution in [1.29, 1.82) is 10.5 Å². The minimum atomic E-state index is -0.690. The van der Waals surface area contributed by atoms with Crippen molar-refractivity contribution in [3.63, 3.8) is 0 Å². The lowest BCUT2D eigenvalue weighted by Gasteiger charge is -2.15. The molecule has 0 amide bonds. The molecule has 119 heavy (non-hydrogen) atoms. The number of aromatic nitrogens is 10. The van der Waals surface area contributed by atoms with Crippen LogP contribution in [0.1, 0.15) is 143 Å². The number of aryl methyl sites for hydroxylation is 7. The van der Waals surface area contributed by atoms with Crippen LogP contribution < -0.4 is 33.5 Å². The number of rotatable bonds is 15. The van der Waals surface area contributed by atoms with Gasteiger partial charge in [0.2, 0.25) is 0 Å². The first-order valence-corrected chi connectivity index (χ1v) is 37.6. The number of ether oxygens (including phenoxy) is 7. The van der Waals surface area contributed by atoms with Crippen LogP contribution in [0, 0.1) is 71.1 Å². The van der Waals surface area contributed by atoms with Crippen molar-refractivity contribution >= 4 is 138 Å². The maximum atomic E-state index is 12.7. The Labute approximate surface area is 677 Å². The van der Waals surface area contributed by atoms with E-state index in [9.17, 15) is 58.5 Å². The molecule has 15 rings (SSSR count). The smallest absolute Gasteiger partial charge is 0.341 e. The number of pyridine rings is 10. The summed E-state index contributed by atoms with van der Waals surface area (Å²) in [6.45, 7) is 22.4. The maximum absolute atomic E-state index is 12.7. The number of H-pyrrole nitrogens is 5. The van der Waals surface area contributed by atoms with E-state index in [1.54, 1.807) is 144 Å². The number of fused-ring (bicyclic) bond motifs is 15. The lowest BCUT2D eigenvalue weighted by molar-refractivity contribution is 0.0368. The normalized spacial score (nSPS) is 11.1. The molecule has 7 N–H and O–H groups in total. The molecule has 606 valence electrons. The van der Waals surface area contributed by atoms with E-state index in [0.29, 0.717) is 158 Å². The van der Waals surface area contributed by atoms with Gasteiger partial charge in [0, 0.05) is 95.1 Å². The molecule has 0 aliphatic carbocycles. The van der Waals surface area contributed by atoms with Crippen molar-refractivity contribution in [3.05, 3.63) is 258 Å². The van der Waals surface area contributed by atoms with E-state index in [4.69, 9.17) is 38.9 Å². The molecule has 15 aromatic rings. The van der Waals surface area contributed by atoms with Crippen molar-refractivity contribution in [2.24, 2.45) is 5.73 Å². The number of aromatic amines is 5. The first-order chi connectivity index (χ1) is 57.0. The Balaban J connectivity index is 0.000000146. The number of nitrogens with two attached hydrogens (primary N) is 1. The van der Waals surface area contributed by atoms with Gasteiger partial charge in [0.05, 0.1) is 140 Å². The molecule has 0 bridgehead atoms. The van der Waals surface area contributed by atoms with Crippen molar-refractivity contribution in [1.82, 2.24) is 49.8 Å². The second kappa shape index (κ2) is 36.9. The zero-order chi connectivity index (χ0) is 86.0. The largest absolute Gasteiger partial charge is 0.465 e. The summed E-state index contributed by atoms with van der Waals surface area (Å²) in [5, 5.41) is 26.5. The standard InChI is InChI=1S/C19H21N3O4.C18H15N3O3.C18H18N2O4.C18H18N2O3.C16H11N3O3/c1-3-26-19(24)17-14(10-25-9-8-20)21-11(2)15-16(17)12-6-4-5-7-13(12)22-18(15)23;1-9(2)24-18(23)14-10(3)20-13(8-19)16-15(14)11-6-4-5-7-12(11)21-17(16)22;1-10-14-16(12-6-4-5-7-13(12)20-17(14)21)15(11(2)19-10)18(22)24-9-8-23-3;1-9(2)23-18(22)15-11(4)19-10(3)14-16(15)12-7-5-6-8-13(12)20-17(14)21;1-8-12-13(14(16(21)22-2)11(7-17)18-8)9-5-3-4-6-10(9)19-15(12)20/h4-7H,3,8-10,20H2,1-2H3,(H,22,23);4-7,9H,1-3H3,(H,21,22);4-7H,8-9H2,1-3H3,(H,20,21);5-9H,1-4H3,(H,20,21);3-6H,1-2H3,(H,19,20). The van der Waals surface area contributed by atoms with Crippen LogP contribution in [0.15, 0.2) is 145 Å². The highest BCUT2D eigenvalue weighted by Gasteiger charge is 2.29. The van der Waals surface area contributed by atoms with Crippen LogP contribution in [0.25, 0.3) is 108 Å². The average molecular weight is 1610 g/mol. The van der Waals surface area contributed by atoms with E-state index < -0.39 is 35.4 Å². The Bertz CT molecular complexity index is 7050. The maximum Gasteiger partial charge on any atom is 0.341 e. The molecule has 0 saturated carbocycles. The number of nitriles is 2. The van der Waals surface area contributed by atoms with Crippen LogP contribution in [-0.4, -0.2) is 139 Å². The van der Waals surface area contributed by atoms with Crippen LogP contribution in [0.4, 0.5) is 0 Å². The van der Waals surface area contributed by atoms with Crippen LogP contribution >= 0.6 is 0 Å². The van der Waals surface area contributed by atoms with Crippen molar-refractivity contribution in [2.75, 3.05) is 47.2 Å². The van der Waals surface area contributed by atoms with E-state index in [1.807, 2.05) is 72.8 Å². The van der Waals surface area contributed by atoms with Crippen molar-refractivity contribution in [2.45, 2.75) is 102 Å². The average Bonchev–Trinajstić information content (AvgIpc) is 0.775. The predicted octanol–water partition coefficient (Wildman–Crippen LogP) is 12.7. The predicted molar refractivity (Wildman–Crippen MR) is 451 cm³/mol. The molecule has 0 radical (unpaired) electrons. The number of methoxy groups -OCH3 is 2. The number of hydrogen-bond acceptors (Lipinski definition) is 25. The molecule has 0 atom stereocenters. The third-order valence-corrected chi connectivity index (χ3v) is 19.1. The Kier molecular flexibility index (Phi) is 26.5. The summed E-state index contributed by atoms with van der Waals surface area (Å²) >= 11 is 0. The molecule has 10 heterocycles. The monoisotopic (exact) mass is 1610 g/mol. The fourth-order valence-corrected chi connectivity index (χ4v) is 14.4. The number of carbonyl (C=O) groups is 5. The third-order valence-electron chi connectivity index (χ3n) is 19.1. The topological polar surface area (TPSA) is 452 Å². The highest BCUT2D eigenvalue weighted by atomic mass is 16.6. The van der Waals surface area contributed by atoms with Gasteiger partial charge in [0.15, 0.2) is 11.4 Å². The SMILES string of the molecule is CCOC(=O)c1c(COCCN)nc(C)c2c(=O)[nH]c3ccccc3c12.COC(=O)c1c(C#N)nc(C)c2c(=O)[nH]c3ccccc3c12.COCCOC(=O)c1c(C)nc(C)c2c(=O)[nH]c3ccccc3c12.Cc1nc(C#N)c2c(=O)[nH]c3ccccc3c2c1C(=O)OC(C)C.Cc1nc(C)c2c(=O)[nH]c3ccccc3c2c1C(=O)OC(C)C. The molecule has 5 aromatic carbocycles. The number of hydrogen-bond donors (Lipinski definition) is 6. The Morgan fingerprint density at radius 2 is 0.697 bits per heavy atom.